The molecule has 0 saturated heterocycles. The van der Waals surface area contributed by atoms with Crippen LogP contribution in [0.15, 0.2) is 60.8 Å². The SMILES string of the molecule is CC(=O)c1ccc(OCC(=O)NCCCc2cn(-c3ccccc3)nc2C)cc1. The quantitative estimate of drug-likeness (QED) is 0.447. The zero-order valence-corrected chi connectivity index (χ0v) is 16.7. The van der Waals surface area contributed by atoms with Crippen LogP contribution < -0.4 is 10.1 Å². The van der Waals surface area contributed by atoms with Crippen molar-refractivity contribution in [2.75, 3.05) is 13.2 Å². The third-order valence-electron chi connectivity index (χ3n) is 4.60. The number of Topliss-reactive ketones (excluding diaryl/α,β-unsaturated/α-hetero) is 1. The molecule has 3 rings (SSSR count). The van der Waals surface area contributed by atoms with E-state index in [1.807, 2.05) is 48.1 Å². The van der Waals surface area contributed by atoms with Gasteiger partial charge in [0.15, 0.2) is 12.4 Å². The molecule has 1 N–H and O–H groups in total. The summed E-state index contributed by atoms with van der Waals surface area (Å²) in [4.78, 5) is 23.2. The third-order valence-corrected chi connectivity index (χ3v) is 4.60. The van der Waals surface area contributed by atoms with E-state index in [0.29, 0.717) is 17.9 Å². The Morgan fingerprint density at radius 2 is 1.79 bits per heavy atom. The number of benzene rings is 2. The van der Waals surface area contributed by atoms with Crippen LogP contribution in [0.1, 0.15) is 35.0 Å². The van der Waals surface area contributed by atoms with E-state index in [4.69, 9.17) is 4.74 Å². The number of nitrogens with one attached hydrogen (secondary N) is 1. The summed E-state index contributed by atoms with van der Waals surface area (Å²) >= 11 is 0. The molecule has 0 saturated carbocycles. The summed E-state index contributed by atoms with van der Waals surface area (Å²) < 4.78 is 7.34. The Kier molecular flexibility index (Phi) is 6.79. The summed E-state index contributed by atoms with van der Waals surface area (Å²) in [6, 6.07) is 16.8. The molecule has 0 radical (unpaired) electrons. The van der Waals surface area contributed by atoms with E-state index in [1.165, 1.54) is 12.5 Å². The summed E-state index contributed by atoms with van der Waals surface area (Å²) in [6.07, 6.45) is 3.70. The maximum Gasteiger partial charge on any atom is 0.257 e. The summed E-state index contributed by atoms with van der Waals surface area (Å²) in [6.45, 7) is 4.03. The zero-order valence-electron chi connectivity index (χ0n) is 16.7. The van der Waals surface area contributed by atoms with Gasteiger partial charge in [-0.05, 0) is 68.7 Å². The first-order valence-corrected chi connectivity index (χ1v) is 9.64. The van der Waals surface area contributed by atoms with Crippen molar-refractivity contribution in [1.29, 1.82) is 0 Å². The van der Waals surface area contributed by atoms with Crippen LogP contribution in [0.3, 0.4) is 0 Å². The molecule has 1 aromatic heterocycles. The van der Waals surface area contributed by atoms with E-state index in [-0.39, 0.29) is 18.3 Å². The molecule has 1 heterocycles. The fraction of sp³-hybridized carbons (Fsp3) is 0.261. The van der Waals surface area contributed by atoms with E-state index in [9.17, 15) is 9.59 Å². The number of ketones is 1. The van der Waals surface area contributed by atoms with Gasteiger partial charge in [0.05, 0.1) is 11.4 Å². The summed E-state index contributed by atoms with van der Waals surface area (Å²) in [7, 11) is 0. The average Bonchev–Trinajstić information content (AvgIpc) is 3.11. The average molecular weight is 391 g/mol. The standard InChI is InChI=1S/C23H25N3O3/c1-17-20(15-26(25-17)21-8-4-3-5-9-21)7-6-14-24-23(28)16-29-22-12-10-19(11-13-22)18(2)27/h3-5,8-13,15H,6-7,14,16H2,1-2H3,(H,24,28). The second-order valence-corrected chi connectivity index (χ2v) is 6.84. The lowest BCUT2D eigenvalue weighted by molar-refractivity contribution is -0.123. The van der Waals surface area contributed by atoms with Crippen molar-refractivity contribution in [3.05, 3.63) is 77.6 Å². The molecule has 150 valence electrons. The Morgan fingerprint density at radius 3 is 2.48 bits per heavy atom. The molecule has 0 fully saturated rings. The van der Waals surface area contributed by atoms with Gasteiger partial charge in [-0.15, -0.1) is 0 Å². The van der Waals surface area contributed by atoms with Gasteiger partial charge < -0.3 is 10.1 Å². The van der Waals surface area contributed by atoms with Crippen LogP contribution in [-0.2, 0) is 11.2 Å². The van der Waals surface area contributed by atoms with E-state index >= 15 is 0 Å². The van der Waals surface area contributed by atoms with Crippen LogP contribution in [0, 0.1) is 6.92 Å². The number of para-hydroxylation sites is 1. The number of rotatable bonds is 9. The second kappa shape index (κ2) is 9.68. The fourth-order valence-corrected chi connectivity index (χ4v) is 2.95. The largest absolute Gasteiger partial charge is 0.484 e. The minimum atomic E-state index is -0.169. The van der Waals surface area contributed by atoms with Crippen molar-refractivity contribution in [3.8, 4) is 11.4 Å². The van der Waals surface area contributed by atoms with Gasteiger partial charge in [0.1, 0.15) is 5.75 Å². The van der Waals surface area contributed by atoms with Gasteiger partial charge in [0, 0.05) is 18.3 Å². The second-order valence-electron chi connectivity index (χ2n) is 6.84. The molecule has 29 heavy (non-hydrogen) atoms. The first kappa shape index (κ1) is 20.3. The van der Waals surface area contributed by atoms with Crippen molar-refractivity contribution in [2.45, 2.75) is 26.7 Å². The maximum atomic E-state index is 12.0. The topological polar surface area (TPSA) is 73.2 Å². The number of aromatic nitrogens is 2. The number of amides is 1. The molecule has 0 atom stereocenters. The number of hydrogen-bond donors (Lipinski definition) is 1. The molecule has 1 amide bonds. The molecule has 0 unspecified atom stereocenters. The lowest BCUT2D eigenvalue weighted by Crippen LogP contribution is -2.29. The summed E-state index contributed by atoms with van der Waals surface area (Å²) in [5, 5.41) is 7.43. The Morgan fingerprint density at radius 1 is 1.07 bits per heavy atom. The minimum Gasteiger partial charge on any atom is -0.484 e. The van der Waals surface area contributed by atoms with Crippen LogP contribution in [0.5, 0.6) is 5.75 Å². The normalized spacial score (nSPS) is 10.6. The molecular formula is C23H25N3O3. The summed E-state index contributed by atoms with van der Waals surface area (Å²) in [5.41, 5.74) is 3.82. The van der Waals surface area contributed by atoms with Crippen molar-refractivity contribution in [3.63, 3.8) is 0 Å². The van der Waals surface area contributed by atoms with Gasteiger partial charge in [0.2, 0.25) is 0 Å². The monoisotopic (exact) mass is 391 g/mol. The maximum absolute atomic E-state index is 12.0. The molecule has 0 aliphatic rings. The van der Waals surface area contributed by atoms with Crippen LogP contribution >= 0.6 is 0 Å². The van der Waals surface area contributed by atoms with Crippen molar-refractivity contribution in [2.24, 2.45) is 0 Å². The Balaban J connectivity index is 1.39. The van der Waals surface area contributed by atoms with Gasteiger partial charge in [-0.25, -0.2) is 4.68 Å². The number of carbonyl (C=O) groups excluding carboxylic acids is 2. The number of aryl methyl sites for hydroxylation is 2. The number of nitrogens with zero attached hydrogens (tertiary/aromatic N) is 2. The van der Waals surface area contributed by atoms with Gasteiger partial charge >= 0.3 is 0 Å². The molecule has 0 aliphatic carbocycles. The zero-order chi connectivity index (χ0) is 20.6. The lowest BCUT2D eigenvalue weighted by Gasteiger charge is -2.08. The molecule has 2 aromatic carbocycles. The first-order chi connectivity index (χ1) is 14.0. The predicted molar refractivity (Wildman–Crippen MR) is 112 cm³/mol. The minimum absolute atomic E-state index is 0.00107. The molecular weight excluding hydrogens is 366 g/mol. The third kappa shape index (κ3) is 5.78. The smallest absolute Gasteiger partial charge is 0.257 e. The summed E-state index contributed by atoms with van der Waals surface area (Å²) in [5.74, 6) is 0.394. The molecule has 0 spiro atoms. The molecule has 0 bridgehead atoms. The molecule has 0 aliphatic heterocycles. The highest BCUT2D eigenvalue weighted by molar-refractivity contribution is 5.94. The predicted octanol–water partition coefficient (Wildman–Crippen LogP) is 3.51. The van der Waals surface area contributed by atoms with Crippen molar-refractivity contribution >= 4 is 11.7 Å². The number of carbonyl (C=O) groups is 2. The highest BCUT2D eigenvalue weighted by Gasteiger charge is 2.07. The molecule has 6 heteroatoms. The Hall–Kier alpha value is -3.41. The van der Waals surface area contributed by atoms with Crippen LogP contribution in [0.25, 0.3) is 5.69 Å². The van der Waals surface area contributed by atoms with Crippen LogP contribution in [0.4, 0.5) is 0 Å². The van der Waals surface area contributed by atoms with E-state index in [1.54, 1.807) is 24.3 Å². The van der Waals surface area contributed by atoms with Gasteiger partial charge in [-0.1, -0.05) is 18.2 Å². The Labute approximate surface area is 170 Å². The van der Waals surface area contributed by atoms with Gasteiger partial charge in [-0.2, -0.15) is 5.10 Å². The van der Waals surface area contributed by atoms with Crippen molar-refractivity contribution < 1.29 is 14.3 Å². The molecule has 3 aromatic rings. The van der Waals surface area contributed by atoms with E-state index in [2.05, 4.69) is 10.4 Å². The van der Waals surface area contributed by atoms with Crippen LogP contribution in [0.2, 0.25) is 0 Å². The first-order valence-electron chi connectivity index (χ1n) is 9.64. The fourth-order valence-electron chi connectivity index (χ4n) is 2.95. The van der Waals surface area contributed by atoms with Gasteiger partial charge in [-0.3, -0.25) is 9.59 Å². The van der Waals surface area contributed by atoms with Crippen LogP contribution in [-0.4, -0.2) is 34.6 Å². The van der Waals surface area contributed by atoms with E-state index in [0.717, 1.165) is 24.2 Å². The van der Waals surface area contributed by atoms with E-state index < -0.39 is 0 Å². The highest BCUT2D eigenvalue weighted by Crippen LogP contribution is 2.14. The van der Waals surface area contributed by atoms with Crippen molar-refractivity contribution in [1.82, 2.24) is 15.1 Å². The highest BCUT2D eigenvalue weighted by atomic mass is 16.5. The Bertz CT molecular complexity index is 963. The molecule has 6 nitrogen and oxygen atoms in total. The number of ether oxygens (including phenoxy) is 1. The number of hydrogen-bond acceptors (Lipinski definition) is 4. The lowest BCUT2D eigenvalue weighted by atomic mass is 10.1. The van der Waals surface area contributed by atoms with Gasteiger partial charge in [0.25, 0.3) is 5.91 Å².